The minimum Gasteiger partial charge on any atom is -0.385 e. The van der Waals surface area contributed by atoms with Crippen LogP contribution in [0.25, 0.3) is 0 Å². The maximum absolute atomic E-state index is 5.53. The number of anilines is 1. The smallest absolute Gasteiger partial charge is 0.0340 e. The molecule has 1 aliphatic rings. The van der Waals surface area contributed by atoms with E-state index >= 15 is 0 Å². The summed E-state index contributed by atoms with van der Waals surface area (Å²) in [4.78, 5) is 0. The molecule has 1 aromatic carbocycles. The minimum atomic E-state index is 0.716. The SMILES string of the molecule is NCCc1ccc(NCCC2=CCCC=C2)cc1. The molecule has 2 nitrogen and oxygen atoms in total. The number of rotatable bonds is 6. The summed E-state index contributed by atoms with van der Waals surface area (Å²) in [6.45, 7) is 1.71. The molecule has 2 rings (SSSR count). The summed E-state index contributed by atoms with van der Waals surface area (Å²) in [7, 11) is 0. The predicted octanol–water partition coefficient (Wildman–Crippen LogP) is 3.27. The van der Waals surface area contributed by atoms with Gasteiger partial charge in [0.25, 0.3) is 0 Å². The van der Waals surface area contributed by atoms with Crippen LogP contribution in [0, 0.1) is 0 Å². The average molecular weight is 242 g/mol. The fourth-order valence-electron chi connectivity index (χ4n) is 2.16. The van der Waals surface area contributed by atoms with Gasteiger partial charge in [-0.3, -0.25) is 0 Å². The first-order chi connectivity index (χ1) is 8.88. The van der Waals surface area contributed by atoms with E-state index in [0.717, 1.165) is 19.4 Å². The second-order valence-corrected chi connectivity index (χ2v) is 4.67. The normalized spacial score (nSPS) is 14.4. The summed E-state index contributed by atoms with van der Waals surface area (Å²) in [5.41, 5.74) is 9.48. The van der Waals surface area contributed by atoms with Gasteiger partial charge < -0.3 is 11.1 Å². The van der Waals surface area contributed by atoms with E-state index in [-0.39, 0.29) is 0 Å². The highest BCUT2D eigenvalue weighted by atomic mass is 14.9. The van der Waals surface area contributed by atoms with E-state index in [4.69, 9.17) is 5.73 Å². The summed E-state index contributed by atoms with van der Waals surface area (Å²) in [6, 6.07) is 8.57. The molecule has 0 amide bonds. The molecule has 0 radical (unpaired) electrons. The third kappa shape index (κ3) is 4.04. The summed E-state index contributed by atoms with van der Waals surface area (Å²) in [5, 5.41) is 3.46. The number of nitrogens with two attached hydrogens (primary N) is 1. The van der Waals surface area contributed by atoms with Crippen molar-refractivity contribution in [3.63, 3.8) is 0 Å². The lowest BCUT2D eigenvalue weighted by Crippen LogP contribution is -2.04. The van der Waals surface area contributed by atoms with Crippen molar-refractivity contribution in [3.8, 4) is 0 Å². The van der Waals surface area contributed by atoms with Crippen LogP contribution < -0.4 is 11.1 Å². The van der Waals surface area contributed by atoms with Gasteiger partial charge in [0.05, 0.1) is 0 Å². The van der Waals surface area contributed by atoms with Crippen LogP contribution in [0.3, 0.4) is 0 Å². The first-order valence-corrected chi connectivity index (χ1v) is 6.77. The molecule has 1 aromatic rings. The molecule has 96 valence electrons. The molecule has 0 aromatic heterocycles. The third-order valence-electron chi connectivity index (χ3n) is 3.20. The van der Waals surface area contributed by atoms with E-state index in [0.29, 0.717) is 6.54 Å². The Kier molecular flexibility index (Phi) is 5.03. The van der Waals surface area contributed by atoms with Crippen LogP contribution in [-0.2, 0) is 6.42 Å². The van der Waals surface area contributed by atoms with Crippen LogP contribution in [-0.4, -0.2) is 13.1 Å². The van der Waals surface area contributed by atoms with Gasteiger partial charge in [0.15, 0.2) is 0 Å². The van der Waals surface area contributed by atoms with E-state index in [9.17, 15) is 0 Å². The van der Waals surface area contributed by atoms with Crippen LogP contribution >= 0.6 is 0 Å². The standard InChI is InChI=1S/C16H22N2/c17-12-10-15-6-8-16(9-7-15)18-13-11-14-4-2-1-3-5-14/h2,4-9,18H,1,3,10-13,17H2. The Morgan fingerprint density at radius 1 is 1.06 bits per heavy atom. The van der Waals surface area contributed by atoms with Crippen LogP contribution in [0.5, 0.6) is 0 Å². The Morgan fingerprint density at radius 3 is 2.56 bits per heavy atom. The van der Waals surface area contributed by atoms with E-state index in [2.05, 4.69) is 47.8 Å². The number of nitrogens with one attached hydrogen (secondary N) is 1. The average Bonchev–Trinajstić information content (AvgIpc) is 2.42. The van der Waals surface area contributed by atoms with Gasteiger partial charge >= 0.3 is 0 Å². The van der Waals surface area contributed by atoms with Gasteiger partial charge in [-0.1, -0.05) is 35.9 Å². The molecule has 0 saturated heterocycles. The zero-order valence-corrected chi connectivity index (χ0v) is 10.9. The Hall–Kier alpha value is -1.54. The molecular weight excluding hydrogens is 220 g/mol. The highest BCUT2D eigenvalue weighted by Gasteiger charge is 1.98. The molecule has 0 spiro atoms. The molecule has 2 heteroatoms. The van der Waals surface area contributed by atoms with Gasteiger partial charge in [0.1, 0.15) is 0 Å². The zero-order chi connectivity index (χ0) is 12.6. The lowest BCUT2D eigenvalue weighted by molar-refractivity contribution is 0.951. The van der Waals surface area contributed by atoms with Gasteiger partial charge in [-0.15, -0.1) is 0 Å². The summed E-state index contributed by atoms with van der Waals surface area (Å²) < 4.78 is 0. The molecule has 0 saturated carbocycles. The van der Waals surface area contributed by atoms with Crippen molar-refractivity contribution < 1.29 is 0 Å². The maximum atomic E-state index is 5.53. The molecule has 0 fully saturated rings. The van der Waals surface area contributed by atoms with Gasteiger partial charge in [-0.2, -0.15) is 0 Å². The molecule has 0 atom stereocenters. The molecule has 18 heavy (non-hydrogen) atoms. The lowest BCUT2D eigenvalue weighted by Gasteiger charge is -2.09. The van der Waals surface area contributed by atoms with Gasteiger partial charge in [-0.05, 0) is 49.9 Å². The first-order valence-electron chi connectivity index (χ1n) is 6.77. The van der Waals surface area contributed by atoms with Crippen molar-refractivity contribution in [2.45, 2.75) is 25.7 Å². The molecule has 0 heterocycles. The Morgan fingerprint density at radius 2 is 1.89 bits per heavy atom. The largest absolute Gasteiger partial charge is 0.385 e. The van der Waals surface area contributed by atoms with Crippen LogP contribution in [0.1, 0.15) is 24.8 Å². The zero-order valence-electron chi connectivity index (χ0n) is 10.9. The first kappa shape index (κ1) is 12.9. The van der Waals surface area contributed by atoms with Gasteiger partial charge in [-0.25, -0.2) is 0 Å². The van der Waals surface area contributed by atoms with E-state index in [1.54, 1.807) is 0 Å². The Balaban J connectivity index is 1.76. The summed E-state index contributed by atoms with van der Waals surface area (Å²) >= 11 is 0. The number of hydrogen-bond acceptors (Lipinski definition) is 2. The fraction of sp³-hybridized carbons (Fsp3) is 0.375. The monoisotopic (exact) mass is 242 g/mol. The van der Waals surface area contributed by atoms with Crippen molar-refractivity contribution in [2.75, 3.05) is 18.4 Å². The fourth-order valence-corrected chi connectivity index (χ4v) is 2.16. The Labute approximate surface area is 110 Å². The second kappa shape index (κ2) is 7.02. The van der Waals surface area contributed by atoms with E-state index in [1.165, 1.54) is 29.7 Å². The highest BCUT2D eigenvalue weighted by molar-refractivity contribution is 5.44. The van der Waals surface area contributed by atoms with Crippen molar-refractivity contribution in [1.82, 2.24) is 0 Å². The van der Waals surface area contributed by atoms with Crippen molar-refractivity contribution in [2.24, 2.45) is 5.73 Å². The quantitative estimate of drug-likeness (QED) is 0.803. The molecular formula is C16H22N2. The predicted molar refractivity (Wildman–Crippen MR) is 78.8 cm³/mol. The van der Waals surface area contributed by atoms with Crippen molar-refractivity contribution in [1.29, 1.82) is 0 Å². The van der Waals surface area contributed by atoms with Crippen LogP contribution in [0.15, 0.2) is 48.1 Å². The van der Waals surface area contributed by atoms with E-state index < -0.39 is 0 Å². The summed E-state index contributed by atoms with van der Waals surface area (Å²) in [6.07, 6.45) is 11.3. The maximum Gasteiger partial charge on any atom is 0.0340 e. The van der Waals surface area contributed by atoms with Crippen LogP contribution in [0.2, 0.25) is 0 Å². The van der Waals surface area contributed by atoms with Crippen molar-refractivity contribution in [3.05, 3.63) is 53.6 Å². The molecule has 0 unspecified atom stereocenters. The van der Waals surface area contributed by atoms with Crippen molar-refractivity contribution >= 4 is 5.69 Å². The molecule has 3 N–H and O–H groups in total. The third-order valence-corrected chi connectivity index (χ3v) is 3.20. The van der Waals surface area contributed by atoms with Gasteiger partial charge in [0.2, 0.25) is 0 Å². The summed E-state index contributed by atoms with van der Waals surface area (Å²) in [5.74, 6) is 0. The molecule has 0 aliphatic heterocycles. The topological polar surface area (TPSA) is 38.0 Å². The number of allylic oxidation sites excluding steroid dienone is 3. The van der Waals surface area contributed by atoms with Crippen LogP contribution in [0.4, 0.5) is 5.69 Å². The number of hydrogen-bond donors (Lipinski definition) is 2. The van der Waals surface area contributed by atoms with Gasteiger partial charge in [0, 0.05) is 12.2 Å². The Bertz CT molecular complexity index is 415. The molecule has 1 aliphatic carbocycles. The minimum absolute atomic E-state index is 0.716. The van der Waals surface area contributed by atoms with E-state index in [1.807, 2.05) is 0 Å². The second-order valence-electron chi connectivity index (χ2n) is 4.67. The lowest BCUT2D eigenvalue weighted by atomic mass is 10.0. The molecule has 0 bridgehead atoms. The highest BCUT2D eigenvalue weighted by Crippen LogP contribution is 2.14. The number of benzene rings is 1.